The number of nitrogens with one attached hydrogen (secondary N) is 2. The summed E-state index contributed by atoms with van der Waals surface area (Å²) in [5, 5.41) is 15.0. The summed E-state index contributed by atoms with van der Waals surface area (Å²) in [6.07, 6.45) is 6.46. The molecule has 0 spiro atoms. The zero-order chi connectivity index (χ0) is 14.5. The molecule has 0 aromatic carbocycles. The molecule has 1 saturated carbocycles. The van der Waals surface area contributed by atoms with E-state index in [1.54, 1.807) is 6.07 Å². The van der Waals surface area contributed by atoms with E-state index >= 15 is 0 Å². The van der Waals surface area contributed by atoms with Crippen molar-refractivity contribution in [3.8, 4) is 0 Å². The Morgan fingerprint density at radius 1 is 1.45 bits per heavy atom. The zero-order valence-electron chi connectivity index (χ0n) is 11.1. The van der Waals surface area contributed by atoms with Crippen molar-refractivity contribution in [1.29, 1.82) is 0 Å². The topological polar surface area (TPSA) is 91.3 Å². The van der Waals surface area contributed by atoms with Gasteiger partial charge in [0.25, 0.3) is 0 Å². The largest absolute Gasteiger partial charge is 0.476 e. The van der Waals surface area contributed by atoms with Gasteiger partial charge in [-0.1, -0.05) is 0 Å². The number of hydrogen-bond acceptors (Lipinski definition) is 4. The van der Waals surface area contributed by atoms with Crippen LogP contribution in [0.1, 0.15) is 29.8 Å². The normalized spacial score (nSPS) is 21.4. The lowest BCUT2D eigenvalue weighted by Gasteiger charge is -2.14. The second-order valence-electron chi connectivity index (χ2n) is 4.67. The molecule has 1 aromatic heterocycles. The minimum Gasteiger partial charge on any atom is -0.476 e. The Labute approximate surface area is 121 Å². The molecule has 0 aliphatic heterocycles. The molecular weight excluding hydrogens is 278 g/mol. The number of hydrogen-bond donors (Lipinski definition) is 3. The van der Waals surface area contributed by atoms with Crippen LogP contribution in [-0.4, -0.2) is 39.6 Å². The molecule has 3 N–H and O–H groups in total. The molecule has 6 nitrogen and oxygen atoms in total. The summed E-state index contributed by atoms with van der Waals surface area (Å²) in [5.41, 5.74) is 0.0491. The Morgan fingerprint density at radius 2 is 2.25 bits per heavy atom. The van der Waals surface area contributed by atoms with Gasteiger partial charge in [0.1, 0.15) is 0 Å². The molecule has 1 fully saturated rings. The highest BCUT2D eigenvalue weighted by molar-refractivity contribution is 7.99. The first-order valence-electron chi connectivity index (χ1n) is 6.38. The van der Waals surface area contributed by atoms with Crippen LogP contribution in [0.4, 0.5) is 10.5 Å². The third-order valence-corrected chi connectivity index (χ3v) is 4.41. The van der Waals surface area contributed by atoms with E-state index in [2.05, 4.69) is 21.9 Å². The van der Waals surface area contributed by atoms with Gasteiger partial charge in [-0.15, -0.1) is 0 Å². The molecule has 20 heavy (non-hydrogen) atoms. The highest BCUT2D eigenvalue weighted by atomic mass is 32.2. The third-order valence-electron chi connectivity index (χ3n) is 3.31. The van der Waals surface area contributed by atoms with E-state index < -0.39 is 5.97 Å². The number of aromatic nitrogens is 1. The number of thioether (sulfide) groups is 1. The highest BCUT2D eigenvalue weighted by Gasteiger charge is 2.25. The summed E-state index contributed by atoms with van der Waals surface area (Å²) in [5.74, 6) is -1.16. The molecule has 2 rings (SSSR count). The van der Waals surface area contributed by atoms with Crippen LogP contribution < -0.4 is 10.6 Å². The molecule has 0 radical (unpaired) electrons. The van der Waals surface area contributed by atoms with Crippen molar-refractivity contribution in [3.05, 3.63) is 24.0 Å². The SMILES string of the molecule is CSC1CCC(NC(=O)Nc2cccnc2C(=O)O)C1. The number of amides is 2. The van der Waals surface area contributed by atoms with E-state index in [1.807, 2.05) is 11.8 Å². The second-order valence-corrected chi connectivity index (χ2v) is 5.81. The van der Waals surface area contributed by atoms with Crippen LogP contribution in [0.25, 0.3) is 0 Å². The number of urea groups is 1. The number of pyridine rings is 1. The van der Waals surface area contributed by atoms with Crippen LogP contribution in [0.3, 0.4) is 0 Å². The first-order chi connectivity index (χ1) is 9.60. The number of carboxylic acid groups (broad SMARTS) is 1. The fraction of sp³-hybridized carbons (Fsp3) is 0.462. The van der Waals surface area contributed by atoms with Crippen LogP contribution in [0, 0.1) is 0 Å². The molecule has 2 atom stereocenters. The molecule has 1 aliphatic carbocycles. The Kier molecular flexibility index (Phi) is 4.84. The summed E-state index contributed by atoms with van der Waals surface area (Å²) in [7, 11) is 0. The number of carbonyl (C=O) groups is 2. The van der Waals surface area contributed by atoms with Crippen LogP contribution >= 0.6 is 11.8 Å². The predicted molar refractivity (Wildman–Crippen MR) is 78.3 cm³/mol. The molecular formula is C13H17N3O3S. The molecule has 108 valence electrons. The minimum atomic E-state index is -1.16. The summed E-state index contributed by atoms with van der Waals surface area (Å²) < 4.78 is 0. The van der Waals surface area contributed by atoms with E-state index in [1.165, 1.54) is 12.3 Å². The van der Waals surface area contributed by atoms with Gasteiger partial charge in [0.2, 0.25) is 0 Å². The van der Waals surface area contributed by atoms with Gasteiger partial charge in [0.15, 0.2) is 5.69 Å². The predicted octanol–water partition coefficient (Wildman–Crippen LogP) is 2.19. The van der Waals surface area contributed by atoms with Crippen LogP contribution in [0.15, 0.2) is 18.3 Å². The van der Waals surface area contributed by atoms with Gasteiger partial charge in [0.05, 0.1) is 5.69 Å². The summed E-state index contributed by atoms with van der Waals surface area (Å²) in [6.45, 7) is 0. The van der Waals surface area contributed by atoms with E-state index in [-0.39, 0.29) is 23.5 Å². The summed E-state index contributed by atoms with van der Waals surface area (Å²) >= 11 is 1.81. The number of aromatic carboxylic acids is 1. The number of nitrogens with zero attached hydrogens (tertiary/aromatic N) is 1. The lowest BCUT2D eigenvalue weighted by Crippen LogP contribution is -2.37. The van der Waals surface area contributed by atoms with Crippen molar-refractivity contribution in [2.75, 3.05) is 11.6 Å². The fourth-order valence-corrected chi connectivity index (χ4v) is 3.10. The standard InChI is InChI=1S/C13H17N3O3S/c1-20-9-5-4-8(7-9)15-13(19)16-10-3-2-6-14-11(10)12(17)18/h2-3,6,8-9H,4-5,7H2,1H3,(H,17,18)(H2,15,16,19). The lowest BCUT2D eigenvalue weighted by molar-refractivity contribution is 0.0692. The molecule has 0 bridgehead atoms. The maximum Gasteiger partial charge on any atom is 0.356 e. The number of rotatable bonds is 4. The Bertz CT molecular complexity index is 509. The number of carbonyl (C=O) groups excluding carboxylic acids is 1. The van der Waals surface area contributed by atoms with Crippen LogP contribution in [0.5, 0.6) is 0 Å². The van der Waals surface area contributed by atoms with Crippen molar-refractivity contribution < 1.29 is 14.7 Å². The molecule has 1 heterocycles. The van der Waals surface area contributed by atoms with Gasteiger partial charge >= 0.3 is 12.0 Å². The summed E-state index contributed by atoms with van der Waals surface area (Å²) in [4.78, 5) is 26.6. The van der Waals surface area contributed by atoms with Gasteiger partial charge in [-0.25, -0.2) is 14.6 Å². The molecule has 2 amide bonds. The summed E-state index contributed by atoms with van der Waals surface area (Å²) in [6, 6.07) is 2.88. The van der Waals surface area contributed by atoms with Gasteiger partial charge in [-0.2, -0.15) is 11.8 Å². The third kappa shape index (κ3) is 3.63. The number of anilines is 1. The second kappa shape index (κ2) is 6.60. The maximum absolute atomic E-state index is 11.9. The lowest BCUT2D eigenvalue weighted by atomic mass is 10.2. The van der Waals surface area contributed by atoms with Crippen LogP contribution in [-0.2, 0) is 0 Å². The maximum atomic E-state index is 11.9. The Hall–Kier alpha value is -1.76. The smallest absolute Gasteiger partial charge is 0.356 e. The fourth-order valence-electron chi connectivity index (χ4n) is 2.31. The number of carboxylic acids is 1. The molecule has 2 unspecified atom stereocenters. The first kappa shape index (κ1) is 14.6. The molecule has 1 aliphatic rings. The van der Waals surface area contributed by atoms with Gasteiger partial charge in [-0.05, 0) is 37.7 Å². The molecule has 7 heteroatoms. The highest BCUT2D eigenvalue weighted by Crippen LogP contribution is 2.28. The van der Waals surface area contributed by atoms with Gasteiger partial charge in [-0.3, -0.25) is 0 Å². The van der Waals surface area contributed by atoms with Crippen molar-refractivity contribution >= 4 is 29.4 Å². The van der Waals surface area contributed by atoms with Crippen molar-refractivity contribution in [2.45, 2.75) is 30.6 Å². The molecule has 1 aromatic rings. The van der Waals surface area contributed by atoms with Crippen LogP contribution in [0.2, 0.25) is 0 Å². The van der Waals surface area contributed by atoms with E-state index in [4.69, 9.17) is 5.11 Å². The average molecular weight is 295 g/mol. The van der Waals surface area contributed by atoms with Crippen molar-refractivity contribution in [3.63, 3.8) is 0 Å². The van der Waals surface area contributed by atoms with E-state index in [0.29, 0.717) is 5.25 Å². The molecule has 0 saturated heterocycles. The van der Waals surface area contributed by atoms with Gasteiger partial charge < -0.3 is 15.7 Å². The Morgan fingerprint density at radius 3 is 2.90 bits per heavy atom. The quantitative estimate of drug-likeness (QED) is 0.792. The average Bonchev–Trinajstić information content (AvgIpc) is 2.86. The zero-order valence-corrected chi connectivity index (χ0v) is 11.9. The van der Waals surface area contributed by atoms with Crippen molar-refractivity contribution in [2.24, 2.45) is 0 Å². The van der Waals surface area contributed by atoms with Gasteiger partial charge in [0, 0.05) is 17.5 Å². The van der Waals surface area contributed by atoms with E-state index in [9.17, 15) is 9.59 Å². The minimum absolute atomic E-state index is 0.150. The Balaban J connectivity index is 1.94. The van der Waals surface area contributed by atoms with E-state index in [0.717, 1.165) is 19.3 Å². The van der Waals surface area contributed by atoms with Crippen molar-refractivity contribution in [1.82, 2.24) is 10.3 Å². The monoisotopic (exact) mass is 295 g/mol. The first-order valence-corrected chi connectivity index (χ1v) is 7.67.